The Balaban J connectivity index is 1.87. The number of carboxylic acids is 1. The van der Waals surface area contributed by atoms with Gasteiger partial charge in [-0.25, -0.2) is 4.39 Å². The Labute approximate surface area is 118 Å². The number of H-pyrrole nitrogens is 1. The molecule has 3 N–H and O–H groups in total. The van der Waals surface area contributed by atoms with Gasteiger partial charge in [-0.1, -0.05) is 0 Å². The first-order valence-electron chi connectivity index (χ1n) is 6.05. The maximum Gasteiger partial charge on any atom is 0.321 e. The van der Waals surface area contributed by atoms with Gasteiger partial charge in [-0.15, -0.1) is 11.8 Å². The van der Waals surface area contributed by atoms with Crippen molar-refractivity contribution >= 4 is 17.7 Å². The van der Waals surface area contributed by atoms with Crippen LogP contribution in [0.5, 0.6) is 0 Å². The van der Waals surface area contributed by atoms with Crippen LogP contribution in [0.2, 0.25) is 0 Å². The highest BCUT2D eigenvalue weighted by Gasteiger charge is 2.32. The molecule has 2 unspecified atom stereocenters. The van der Waals surface area contributed by atoms with Crippen LogP contribution in [0.1, 0.15) is 10.9 Å². The number of hydrogen-bond acceptors (Lipinski definition) is 4. The molecule has 0 aliphatic carbocycles. The lowest BCUT2D eigenvalue weighted by Crippen LogP contribution is -2.33. The molecular formula is C13H12FN3O2S. The molecule has 2 heterocycles. The predicted molar refractivity (Wildman–Crippen MR) is 73.7 cm³/mol. The number of nitrogens with zero attached hydrogens (tertiary/aromatic N) is 1. The van der Waals surface area contributed by atoms with Crippen LogP contribution in [0.15, 0.2) is 30.5 Å². The smallest absolute Gasteiger partial charge is 0.321 e. The van der Waals surface area contributed by atoms with Crippen LogP contribution in [0, 0.1) is 5.82 Å². The highest BCUT2D eigenvalue weighted by molar-refractivity contribution is 7.99. The van der Waals surface area contributed by atoms with Gasteiger partial charge in [0.1, 0.15) is 11.9 Å². The van der Waals surface area contributed by atoms with Crippen molar-refractivity contribution in [3.63, 3.8) is 0 Å². The van der Waals surface area contributed by atoms with Gasteiger partial charge in [0.2, 0.25) is 0 Å². The maximum absolute atomic E-state index is 13.0. The lowest BCUT2D eigenvalue weighted by molar-refractivity contribution is -0.138. The van der Waals surface area contributed by atoms with Gasteiger partial charge in [0.25, 0.3) is 0 Å². The van der Waals surface area contributed by atoms with Crippen molar-refractivity contribution in [2.75, 3.05) is 5.75 Å². The summed E-state index contributed by atoms with van der Waals surface area (Å²) in [5.41, 5.74) is 2.48. The average Bonchev–Trinajstić information content (AvgIpc) is 3.08. The monoisotopic (exact) mass is 293 g/mol. The van der Waals surface area contributed by atoms with Crippen LogP contribution in [0.25, 0.3) is 11.3 Å². The molecule has 3 rings (SSSR count). The molecule has 0 spiro atoms. The molecule has 20 heavy (non-hydrogen) atoms. The number of carboxylic acid groups (broad SMARTS) is 1. The zero-order valence-corrected chi connectivity index (χ0v) is 11.2. The van der Waals surface area contributed by atoms with Gasteiger partial charge in [-0.3, -0.25) is 15.2 Å². The van der Waals surface area contributed by atoms with Crippen LogP contribution in [-0.2, 0) is 4.79 Å². The third-order valence-corrected chi connectivity index (χ3v) is 4.41. The molecule has 5 nitrogen and oxygen atoms in total. The van der Waals surface area contributed by atoms with E-state index in [0.29, 0.717) is 5.75 Å². The molecule has 7 heteroatoms. The maximum atomic E-state index is 13.0. The van der Waals surface area contributed by atoms with E-state index in [1.54, 1.807) is 18.3 Å². The molecule has 0 radical (unpaired) electrons. The number of carbonyl (C=O) groups is 1. The fourth-order valence-electron chi connectivity index (χ4n) is 2.14. The summed E-state index contributed by atoms with van der Waals surface area (Å²) in [6, 6.07) is 5.55. The first kappa shape index (κ1) is 13.1. The van der Waals surface area contributed by atoms with E-state index in [1.165, 1.54) is 23.9 Å². The Morgan fingerprint density at radius 3 is 2.80 bits per heavy atom. The summed E-state index contributed by atoms with van der Waals surface area (Å²) in [5.74, 6) is -0.644. The number of aromatic nitrogens is 2. The average molecular weight is 293 g/mol. The minimum absolute atomic E-state index is 0.130. The lowest BCUT2D eigenvalue weighted by atomic mass is 10.1. The zero-order chi connectivity index (χ0) is 14.1. The second-order valence-corrected chi connectivity index (χ2v) is 5.62. The molecule has 1 fully saturated rings. The molecule has 1 aromatic heterocycles. The highest BCUT2D eigenvalue weighted by Crippen LogP contribution is 2.37. The third-order valence-electron chi connectivity index (χ3n) is 3.16. The van der Waals surface area contributed by atoms with Crippen LogP contribution in [-0.4, -0.2) is 33.1 Å². The predicted octanol–water partition coefficient (Wildman–Crippen LogP) is 2.00. The van der Waals surface area contributed by atoms with E-state index < -0.39 is 12.0 Å². The van der Waals surface area contributed by atoms with Gasteiger partial charge in [0.15, 0.2) is 0 Å². The Bertz CT molecular complexity index is 629. The van der Waals surface area contributed by atoms with Gasteiger partial charge in [0.05, 0.1) is 17.3 Å². The fourth-order valence-corrected chi connectivity index (χ4v) is 3.38. The summed E-state index contributed by atoms with van der Waals surface area (Å²) < 4.78 is 13.0. The number of hydrogen-bond donors (Lipinski definition) is 3. The minimum Gasteiger partial charge on any atom is -0.480 e. The molecule has 1 aromatic carbocycles. The molecule has 2 atom stereocenters. The summed E-state index contributed by atoms with van der Waals surface area (Å²) >= 11 is 1.52. The number of halogens is 1. The van der Waals surface area contributed by atoms with Gasteiger partial charge >= 0.3 is 5.97 Å². The fraction of sp³-hybridized carbons (Fsp3) is 0.231. The van der Waals surface area contributed by atoms with Gasteiger partial charge in [0, 0.05) is 16.9 Å². The molecule has 2 aromatic rings. The van der Waals surface area contributed by atoms with Crippen molar-refractivity contribution in [1.29, 1.82) is 0 Å². The summed E-state index contributed by atoms with van der Waals surface area (Å²) in [7, 11) is 0. The number of rotatable bonds is 3. The van der Waals surface area contributed by atoms with E-state index in [9.17, 15) is 9.18 Å². The number of nitrogens with one attached hydrogen (secondary N) is 2. The Morgan fingerprint density at radius 2 is 2.15 bits per heavy atom. The van der Waals surface area contributed by atoms with Gasteiger partial charge < -0.3 is 5.11 Å². The number of benzene rings is 1. The summed E-state index contributed by atoms with van der Waals surface area (Å²) in [6.45, 7) is 0. The molecule has 0 bridgehead atoms. The van der Waals surface area contributed by atoms with Crippen molar-refractivity contribution in [2.45, 2.75) is 11.4 Å². The zero-order valence-electron chi connectivity index (χ0n) is 10.3. The van der Waals surface area contributed by atoms with Gasteiger partial charge in [-0.2, -0.15) is 5.10 Å². The van der Waals surface area contributed by atoms with E-state index in [-0.39, 0.29) is 11.2 Å². The van der Waals surface area contributed by atoms with Crippen molar-refractivity contribution < 1.29 is 14.3 Å². The Hall–Kier alpha value is -1.86. The van der Waals surface area contributed by atoms with Crippen molar-refractivity contribution in [1.82, 2.24) is 15.5 Å². The van der Waals surface area contributed by atoms with Crippen LogP contribution in [0.3, 0.4) is 0 Å². The topological polar surface area (TPSA) is 78.0 Å². The minimum atomic E-state index is -0.855. The molecule has 1 aliphatic heterocycles. The third kappa shape index (κ3) is 2.41. The normalized spacial score (nSPS) is 22.1. The molecule has 1 aliphatic rings. The largest absolute Gasteiger partial charge is 0.480 e. The van der Waals surface area contributed by atoms with Gasteiger partial charge in [-0.05, 0) is 24.3 Å². The van der Waals surface area contributed by atoms with E-state index in [2.05, 4.69) is 15.5 Å². The van der Waals surface area contributed by atoms with Crippen molar-refractivity contribution in [3.8, 4) is 11.3 Å². The highest BCUT2D eigenvalue weighted by atomic mass is 32.2. The van der Waals surface area contributed by atoms with E-state index in [1.807, 2.05) is 0 Å². The summed E-state index contributed by atoms with van der Waals surface area (Å²) in [4.78, 5) is 11.0. The van der Waals surface area contributed by atoms with E-state index in [0.717, 1.165) is 16.8 Å². The van der Waals surface area contributed by atoms with Crippen LogP contribution in [0.4, 0.5) is 4.39 Å². The van der Waals surface area contributed by atoms with E-state index >= 15 is 0 Å². The number of thioether (sulfide) groups is 1. The molecular weight excluding hydrogens is 281 g/mol. The van der Waals surface area contributed by atoms with Crippen LogP contribution < -0.4 is 5.32 Å². The summed E-state index contributed by atoms with van der Waals surface area (Å²) in [5, 5.41) is 18.8. The second kappa shape index (κ2) is 5.26. The quantitative estimate of drug-likeness (QED) is 0.807. The lowest BCUT2D eigenvalue weighted by Gasteiger charge is -2.11. The first-order valence-corrected chi connectivity index (χ1v) is 7.09. The number of aliphatic carboxylic acids is 1. The summed E-state index contributed by atoms with van der Waals surface area (Å²) in [6.07, 6.45) is 1.67. The van der Waals surface area contributed by atoms with Crippen LogP contribution >= 0.6 is 11.8 Å². The van der Waals surface area contributed by atoms with E-state index in [4.69, 9.17) is 5.11 Å². The first-order chi connectivity index (χ1) is 9.65. The van der Waals surface area contributed by atoms with Crippen molar-refractivity contribution in [2.24, 2.45) is 0 Å². The number of aromatic amines is 1. The second-order valence-electron chi connectivity index (χ2n) is 4.48. The Kier molecular flexibility index (Phi) is 3.45. The van der Waals surface area contributed by atoms with Crippen molar-refractivity contribution in [3.05, 3.63) is 41.8 Å². The SMILES string of the molecule is O=C(O)C1CSC(c2cn[nH]c2-c2ccc(F)cc2)N1. The Morgan fingerprint density at radius 1 is 1.40 bits per heavy atom. The molecule has 1 saturated heterocycles. The molecule has 104 valence electrons. The molecule has 0 saturated carbocycles. The molecule has 0 amide bonds. The standard InChI is InChI=1S/C13H12FN3O2S/c14-8-3-1-7(2-4-8)11-9(5-15-17-11)12-16-10(6-20-12)13(18)19/h1-5,10,12,16H,6H2,(H,15,17)(H,18,19).